The summed E-state index contributed by atoms with van der Waals surface area (Å²) >= 11 is 1.69. The van der Waals surface area contributed by atoms with Crippen molar-refractivity contribution in [3.8, 4) is 5.75 Å². The Labute approximate surface area is 172 Å². The lowest BCUT2D eigenvalue weighted by Crippen LogP contribution is -2.38. The number of aliphatic imine (C=N–C) groups is 1. The van der Waals surface area contributed by atoms with Crippen LogP contribution in [0.15, 0.2) is 28.6 Å². The van der Waals surface area contributed by atoms with Crippen LogP contribution in [-0.4, -0.2) is 44.4 Å². The topological polar surface area (TPSA) is 67.8 Å². The third-order valence-electron chi connectivity index (χ3n) is 4.06. The molecular formula is C21H32N4O2S. The van der Waals surface area contributed by atoms with Crippen molar-refractivity contribution in [2.45, 2.75) is 40.2 Å². The highest BCUT2D eigenvalue weighted by Crippen LogP contribution is 2.21. The Morgan fingerprint density at radius 1 is 1.21 bits per heavy atom. The molecule has 0 saturated carbocycles. The lowest BCUT2D eigenvalue weighted by Gasteiger charge is -2.13. The molecule has 2 rings (SSSR count). The summed E-state index contributed by atoms with van der Waals surface area (Å²) in [6, 6.07) is 6.26. The van der Waals surface area contributed by atoms with E-state index in [0.717, 1.165) is 53.9 Å². The highest BCUT2D eigenvalue weighted by molar-refractivity contribution is 7.09. The Morgan fingerprint density at radius 2 is 2.07 bits per heavy atom. The quantitative estimate of drug-likeness (QED) is 0.341. The zero-order valence-electron chi connectivity index (χ0n) is 17.4. The number of ether oxygens (including phenoxy) is 2. The molecule has 0 bridgehead atoms. The fourth-order valence-electron chi connectivity index (χ4n) is 2.65. The fraction of sp³-hybridized carbons (Fsp3) is 0.524. The maximum absolute atomic E-state index is 5.96. The molecule has 1 heterocycles. The normalized spacial score (nSPS) is 11.5. The summed E-state index contributed by atoms with van der Waals surface area (Å²) in [5, 5.41) is 9.90. The average molecular weight is 405 g/mol. The number of guanidine groups is 1. The number of aromatic nitrogens is 1. The van der Waals surface area contributed by atoms with E-state index >= 15 is 0 Å². The smallest absolute Gasteiger partial charge is 0.191 e. The molecule has 0 saturated heterocycles. The summed E-state index contributed by atoms with van der Waals surface area (Å²) in [6.07, 6.45) is 1.75. The van der Waals surface area contributed by atoms with Crippen molar-refractivity contribution in [2.24, 2.45) is 4.99 Å². The molecule has 0 aliphatic carbocycles. The fourth-order valence-corrected chi connectivity index (χ4v) is 3.30. The zero-order chi connectivity index (χ0) is 20.2. The molecule has 0 aliphatic heterocycles. The Hall–Kier alpha value is -2.12. The number of nitrogens with zero attached hydrogens (tertiary/aromatic N) is 2. The number of thiazole rings is 1. The van der Waals surface area contributed by atoms with E-state index in [1.54, 1.807) is 18.4 Å². The Kier molecular flexibility index (Phi) is 9.79. The zero-order valence-corrected chi connectivity index (χ0v) is 18.2. The van der Waals surface area contributed by atoms with E-state index in [0.29, 0.717) is 19.8 Å². The minimum Gasteiger partial charge on any atom is -0.493 e. The predicted octanol–water partition coefficient (Wildman–Crippen LogP) is 3.47. The molecule has 1 aromatic heterocycles. The first-order chi connectivity index (χ1) is 13.6. The van der Waals surface area contributed by atoms with Crippen LogP contribution >= 0.6 is 11.3 Å². The lowest BCUT2D eigenvalue weighted by atomic mass is 10.1. The van der Waals surface area contributed by atoms with Crippen LogP contribution in [0.3, 0.4) is 0 Å². The van der Waals surface area contributed by atoms with Gasteiger partial charge in [-0.25, -0.2) is 9.98 Å². The molecule has 7 heteroatoms. The van der Waals surface area contributed by atoms with E-state index in [1.807, 2.05) is 6.92 Å². The van der Waals surface area contributed by atoms with Crippen LogP contribution in [0.2, 0.25) is 0 Å². The largest absolute Gasteiger partial charge is 0.493 e. The van der Waals surface area contributed by atoms with Gasteiger partial charge < -0.3 is 20.1 Å². The first-order valence-corrected chi connectivity index (χ1v) is 10.6. The summed E-state index contributed by atoms with van der Waals surface area (Å²) in [5.74, 6) is 1.70. The molecule has 0 radical (unpaired) electrons. The van der Waals surface area contributed by atoms with Gasteiger partial charge in [0.15, 0.2) is 5.96 Å². The van der Waals surface area contributed by atoms with Crippen LogP contribution in [0.25, 0.3) is 0 Å². The first kappa shape index (κ1) is 22.2. The summed E-state index contributed by atoms with van der Waals surface area (Å²) in [5.41, 5.74) is 3.38. The molecular weight excluding hydrogens is 372 g/mol. The van der Waals surface area contributed by atoms with Crippen molar-refractivity contribution < 1.29 is 9.47 Å². The number of rotatable bonds is 11. The van der Waals surface area contributed by atoms with Crippen LogP contribution < -0.4 is 15.4 Å². The van der Waals surface area contributed by atoms with Crippen molar-refractivity contribution in [1.82, 2.24) is 15.6 Å². The first-order valence-electron chi connectivity index (χ1n) is 9.76. The summed E-state index contributed by atoms with van der Waals surface area (Å²) in [6.45, 7) is 9.68. The number of aryl methyl sites for hydroxylation is 2. The summed E-state index contributed by atoms with van der Waals surface area (Å²) < 4.78 is 11.0. The van der Waals surface area contributed by atoms with Crippen LogP contribution in [0.5, 0.6) is 5.75 Å². The summed E-state index contributed by atoms with van der Waals surface area (Å²) in [7, 11) is 1.71. The number of hydrogen-bond acceptors (Lipinski definition) is 5. The molecule has 2 aromatic rings. The van der Waals surface area contributed by atoms with Crippen LogP contribution in [0, 0.1) is 13.8 Å². The van der Waals surface area contributed by atoms with Gasteiger partial charge in [-0.05, 0) is 32.4 Å². The van der Waals surface area contributed by atoms with Gasteiger partial charge in [-0.2, -0.15) is 0 Å². The van der Waals surface area contributed by atoms with Crippen molar-refractivity contribution >= 4 is 17.3 Å². The molecule has 0 atom stereocenters. The number of benzene rings is 1. The molecule has 154 valence electrons. The third kappa shape index (κ3) is 7.86. The standard InChI is InChI=1S/C21H32N4O2S/c1-5-22-21(23-10-9-19-15-28-17(3)25-19)24-14-18-8-7-16(2)13-20(18)27-12-6-11-26-4/h7-8,13,15H,5-6,9-12,14H2,1-4H3,(H2,22,23,24). The highest BCUT2D eigenvalue weighted by Gasteiger charge is 2.06. The van der Waals surface area contributed by atoms with E-state index in [4.69, 9.17) is 14.5 Å². The number of hydrogen-bond donors (Lipinski definition) is 2. The molecule has 0 fully saturated rings. The van der Waals surface area contributed by atoms with Gasteiger partial charge in [0.2, 0.25) is 0 Å². The Balaban J connectivity index is 1.94. The lowest BCUT2D eigenvalue weighted by molar-refractivity contribution is 0.172. The van der Waals surface area contributed by atoms with E-state index in [1.165, 1.54) is 5.56 Å². The average Bonchev–Trinajstić information content (AvgIpc) is 3.09. The van der Waals surface area contributed by atoms with Gasteiger partial charge in [0.05, 0.1) is 23.9 Å². The van der Waals surface area contributed by atoms with Gasteiger partial charge in [0, 0.05) is 50.6 Å². The Bertz CT molecular complexity index is 746. The van der Waals surface area contributed by atoms with E-state index in [-0.39, 0.29) is 0 Å². The monoisotopic (exact) mass is 404 g/mol. The van der Waals surface area contributed by atoms with Gasteiger partial charge >= 0.3 is 0 Å². The molecule has 0 amide bonds. The number of methoxy groups -OCH3 is 1. The summed E-state index contributed by atoms with van der Waals surface area (Å²) in [4.78, 5) is 9.23. The van der Waals surface area contributed by atoms with Crippen molar-refractivity contribution in [3.05, 3.63) is 45.4 Å². The maximum atomic E-state index is 5.96. The van der Waals surface area contributed by atoms with Crippen LogP contribution in [-0.2, 0) is 17.7 Å². The van der Waals surface area contributed by atoms with Crippen molar-refractivity contribution in [2.75, 3.05) is 33.4 Å². The molecule has 0 unspecified atom stereocenters. The van der Waals surface area contributed by atoms with Crippen LogP contribution in [0.4, 0.5) is 0 Å². The van der Waals surface area contributed by atoms with Gasteiger partial charge in [-0.1, -0.05) is 12.1 Å². The molecule has 2 N–H and O–H groups in total. The minimum atomic E-state index is 0.561. The predicted molar refractivity (Wildman–Crippen MR) is 117 cm³/mol. The van der Waals surface area contributed by atoms with Gasteiger partial charge in [0.25, 0.3) is 0 Å². The third-order valence-corrected chi connectivity index (χ3v) is 4.89. The SMILES string of the molecule is CCNC(=NCc1ccc(C)cc1OCCCOC)NCCc1csc(C)n1. The number of nitrogens with one attached hydrogen (secondary N) is 2. The Morgan fingerprint density at radius 3 is 2.79 bits per heavy atom. The van der Waals surface area contributed by atoms with E-state index in [2.05, 4.69) is 53.0 Å². The van der Waals surface area contributed by atoms with Gasteiger partial charge in [-0.15, -0.1) is 11.3 Å². The van der Waals surface area contributed by atoms with Gasteiger partial charge in [0.1, 0.15) is 5.75 Å². The molecule has 6 nitrogen and oxygen atoms in total. The molecule has 28 heavy (non-hydrogen) atoms. The molecule has 0 spiro atoms. The van der Waals surface area contributed by atoms with Crippen LogP contribution in [0.1, 0.15) is 35.2 Å². The van der Waals surface area contributed by atoms with Gasteiger partial charge in [-0.3, -0.25) is 0 Å². The van der Waals surface area contributed by atoms with E-state index < -0.39 is 0 Å². The second kappa shape index (κ2) is 12.4. The molecule has 1 aromatic carbocycles. The highest BCUT2D eigenvalue weighted by atomic mass is 32.1. The maximum Gasteiger partial charge on any atom is 0.191 e. The molecule has 0 aliphatic rings. The van der Waals surface area contributed by atoms with Crippen molar-refractivity contribution in [3.63, 3.8) is 0 Å². The second-order valence-corrected chi connectivity index (χ2v) is 7.60. The van der Waals surface area contributed by atoms with E-state index in [9.17, 15) is 0 Å². The second-order valence-electron chi connectivity index (χ2n) is 6.54. The van der Waals surface area contributed by atoms with Crippen molar-refractivity contribution in [1.29, 1.82) is 0 Å². The minimum absolute atomic E-state index is 0.561.